The van der Waals surface area contributed by atoms with E-state index in [9.17, 15) is 4.79 Å². The molecule has 0 amide bonds. The van der Waals surface area contributed by atoms with Crippen molar-refractivity contribution in [1.29, 1.82) is 0 Å². The van der Waals surface area contributed by atoms with Gasteiger partial charge in [0.15, 0.2) is 0 Å². The molecular formula is C18H36O2Si2. The van der Waals surface area contributed by atoms with Crippen LogP contribution in [0.5, 0.6) is 0 Å². The minimum atomic E-state index is -2.01. The van der Waals surface area contributed by atoms with Crippen molar-refractivity contribution < 1.29 is 9.22 Å². The van der Waals surface area contributed by atoms with Crippen molar-refractivity contribution in [3.63, 3.8) is 0 Å². The van der Waals surface area contributed by atoms with E-state index in [-0.39, 0.29) is 12.0 Å². The summed E-state index contributed by atoms with van der Waals surface area (Å²) in [5.74, 6) is 3.15. The Morgan fingerprint density at radius 3 is 1.55 bits per heavy atom. The maximum atomic E-state index is 11.3. The van der Waals surface area contributed by atoms with Crippen LogP contribution in [0.1, 0.15) is 48.5 Å². The Bertz CT molecular complexity index is 389. The second-order valence-corrected chi connectivity index (χ2v) is 18.5. The fourth-order valence-electron chi connectivity index (χ4n) is 3.26. The molecular weight excluding hydrogens is 304 g/mol. The zero-order valence-electron chi connectivity index (χ0n) is 16.3. The van der Waals surface area contributed by atoms with E-state index in [2.05, 4.69) is 72.6 Å². The zero-order valence-corrected chi connectivity index (χ0v) is 18.3. The van der Waals surface area contributed by atoms with E-state index >= 15 is 0 Å². The van der Waals surface area contributed by atoms with Crippen molar-refractivity contribution in [1.82, 2.24) is 0 Å². The minimum Gasteiger partial charge on any atom is -0.402 e. The van der Waals surface area contributed by atoms with E-state index in [1.54, 1.807) is 0 Å². The van der Waals surface area contributed by atoms with Crippen molar-refractivity contribution in [3.8, 4) is 11.5 Å². The lowest BCUT2D eigenvalue weighted by atomic mass is 10.1. The molecule has 0 unspecified atom stereocenters. The molecule has 0 saturated heterocycles. The number of aldehydes is 1. The smallest absolute Gasteiger partial charge is 0.202 e. The number of hydrogen-bond donors (Lipinski definition) is 0. The van der Waals surface area contributed by atoms with Gasteiger partial charge in [-0.15, -0.1) is 5.54 Å². The van der Waals surface area contributed by atoms with Gasteiger partial charge >= 0.3 is 0 Å². The average molecular weight is 341 g/mol. The van der Waals surface area contributed by atoms with Crippen LogP contribution in [0.3, 0.4) is 0 Å². The van der Waals surface area contributed by atoms with Gasteiger partial charge in [0.25, 0.3) is 0 Å². The topological polar surface area (TPSA) is 26.3 Å². The Balaban J connectivity index is 5.74. The summed E-state index contributed by atoms with van der Waals surface area (Å²) in [5, 5.41) is 0. The Morgan fingerprint density at radius 1 is 0.864 bits per heavy atom. The van der Waals surface area contributed by atoms with Crippen molar-refractivity contribution in [2.24, 2.45) is 5.92 Å². The van der Waals surface area contributed by atoms with Crippen molar-refractivity contribution >= 4 is 22.7 Å². The highest BCUT2D eigenvalue weighted by atomic mass is 28.4. The minimum absolute atomic E-state index is 0.174. The maximum Gasteiger partial charge on any atom is 0.202 e. The molecule has 0 aromatic rings. The van der Waals surface area contributed by atoms with Crippen molar-refractivity contribution in [2.75, 3.05) is 0 Å². The van der Waals surface area contributed by atoms with E-state index in [4.69, 9.17) is 4.43 Å². The lowest BCUT2D eigenvalue weighted by molar-refractivity contribution is -0.112. The first-order valence-electron chi connectivity index (χ1n) is 8.54. The number of rotatable bonds is 7. The predicted octanol–water partition coefficient (Wildman–Crippen LogP) is 5.26. The quantitative estimate of drug-likeness (QED) is 0.359. The van der Waals surface area contributed by atoms with Crippen molar-refractivity contribution in [3.05, 3.63) is 0 Å². The Hall–Kier alpha value is -0.376. The summed E-state index contributed by atoms with van der Waals surface area (Å²) < 4.78 is 6.73. The molecule has 0 saturated carbocycles. The summed E-state index contributed by atoms with van der Waals surface area (Å²) in [6.45, 7) is 22.2. The fourth-order valence-corrected chi connectivity index (χ4v) is 9.36. The summed E-state index contributed by atoms with van der Waals surface area (Å²) in [6.07, 6.45) is 0.729. The molecule has 4 heteroatoms. The third-order valence-electron chi connectivity index (χ3n) is 4.32. The van der Waals surface area contributed by atoms with E-state index in [1.807, 2.05) is 6.92 Å². The van der Waals surface area contributed by atoms with Gasteiger partial charge in [-0.05, 0) is 16.6 Å². The average Bonchev–Trinajstić information content (AvgIpc) is 2.35. The van der Waals surface area contributed by atoms with Gasteiger partial charge in [0.1, 0.15) is 20.5 Å². The Kier molecular flexibility index (Phi) is 8.32. The Labute approximate surface area is 140 Å². The van der Waals surface area contributed by atoms with Gasteiger partial charge in [0, 0.05) is 5.92 Å². The molecule has 0 N–H and O–H groups in total. The summed E-state index contributed by atoms with van der Waals surface area (Å²) in [5.41, 5.74) is 4.91. The first-order valence-corrected chi connectivity index (χ1v) is 14.2. The van der Waals surface area contributed by atoms with Crippen LogP contribution in [0, 0.1) is 17.4 Å². The first kappa shape index (κ1) is 21.6. The number of carbonyl (C=O) groups is 1. The molecule has 0 aliphatic heterocycles. The lowest BCUT2D eigenvalue weighted by Crippen LogP contribution is -2.51. The molecule has 0 aliphatic carbocycles. The molecule has 0 spiro atoms. The summed E-state index contributed by atoms with van der Waals surface area (Å²) >= 11 is 0. The summed E-state index contributed by atoms with van der Waals surface area (Å²) in [7, 11) is -3.49. The van der Waals surface area contributed by atoms with Crippen LogP contribution in [0.15, 0.2) is 0 Å². The molecule has 0 heterocycles. The highest BCUT2D eigenvalue weighted by molar-refractivity contribution is 6.83. The fraction of sp³-hybridized carbons (Fsp3) is 0.833. The SMILES string of the molecule is CC(C)[Si](O[C@@H](C#C[Si](C)(C)C)[C@H](C)C=O)(C(C)C)C(C)C. The molecule has 128 valence electrons. The third-order valence-corrected chi connectivity index (χ3v) is 11.3. The summed E-state index contributed by atoms with van der Waals surface area (Å²) in [4.78, 5) is 11.3. The van der Waals surface area contributed by atoms with Gasteiger partial charge in [-0.3, -0.25) is 0 Å². The molecule has 2 nitrogen and oxygen atoms in total. The van der Waals surface area contributed by atoms with Gasteiger partial charge < -0.3 is 9.22 Å². The second kappa shape index (κ2) is 8.47. The van der Waals surface area contributed by atoms with Crippen molar-refractivity contribution in [2.45, 2.75) is 90.8 Å². The molecule has 22 heavy (non-hydrogen) atoms. The van der Waals surface area contributed by atoms with Crippen LogP contribution in [-0.4, -0.2) is 28.8 Å². The second-order valence-electron chi connectivity index (χ2n) is 8.37. The third kappa shape index (κ3) is 5.68. The molecule has 0 aromatic carbocycles. The van der Waals surface area contributed by atoms with Gasteiger partial charge in [-0.1, -0.05) is 74.0 Å². The highest BCUT2D eigenvalue weighted by Gasteiger charge is 2.47. The van der Waals surface area contributed by atoms with Crippen LogP contribution >= 0.6 is 0 Å². The van der Waals surface area contributed by atoms with Gasteiger partial charge in [0.2, 0.25) is 8.32 Å². The zero-order chi connectivity index (χ0) is 17.7. The molecule has 0 bridgehead atoms. The molecule has 0 rings (SSSR count). The highest BCUT2D eigenvalue weighted by Crippen LogP contribution is 2.43. The van der Waals surface area contributed by atoms with Gasteiger partial charge in [0.05, 0.1) is 0 Å². The molecule has 0 fully saturated rings. The lowest BCUT2D eigenvalue weighted by Gasteiger charge is -2.44. The Morgan fingerprint density at radius 2 is 1.27 bits per heavy atom. The van der Waals surface area contributed by atoms with Crippen LogP contribution in [0.25, 0.3) is 0 Å². The normalized spacial score (nSPS) is 15.7. The predicted molar refractivity (Wildman–Crippen MR) is 102 cm³/mol. The van der Waals surface area contributed by atoms with Crippen LogP contribution in [-0.2, 0) is 9.22 Å². The van der Waals surface area contributed by atoms with Crippen LogP contribution < -0.4 is 0 Å². The first-order chi connectivity index (χ1) is 9.88. The molecule has 0 aliphatic rings. The van der Waals surface area contributed by atoms with E-state index in [1.165, 1.54) is 0 Å². The standard InChI is InChI=1S/C18H36O2Si2/c1-14(2)22(15(3)4,16(5)6)20-18(17(7)13-19)11-12-21(8,9)10/h13-18H,1-10H3/t17-,18+/m1/s1. The van der Waals surface area contributed by atoms with E-state index < -0.39 is 16.4 Å². The number of hydrogen-bond acceptors (Lipinski definition) is 2. The monoisotopic (exact) mass is 340 g/mol. The largest absolute Gasteiger partial charge is 0.402 e. The molecule has 0 aromatic heterocycles. The molecule has 0 radical (unpaired) electrons. The van der Waals surface area contributed by atoms with E-state index in [0.717, 1.165) is 6.29 Å². The van der Waals surface area contributed by atoms with Crippen LogP contribution in [0.4, 0.5) is 0 Å². The van der Waals surface area contributed by atoms with E-state index in [0.29, 0.717) is 16.6 Å². The van der Waals surface area contributed by atoms with Crippen LogP contribution in [0.2, 0.25) is 36.3 Å². The maximum absolute atomic E-state index is 11.3. The summed E-state index contributed by atoms with van der Waals surface area (Å²) in [6, 6.07) is 0. The molecule has 2 atom stereocenters. The number of carbonyl (C=O) groups excluding carboxylic acids is 1. The van der Waals surface area contributed by atoms with Gasteiger partial charge in [-0.25, -0.2) is 0 Å². The van der Waals surface area contributed by atoms with Gasteiger partial charge in [-0.2, -0.15) is 0 Å².